The average molecular weight is 532 g/mol. The molecule has 180 valence electrons. The van der Waals surface area contributed by atoms with E-state index in [1.54, 1.807) is 17.6 Å². The summed E-state index contributed by atoms with van der Waals surface area (Å²) in [4.78, 5) is 0. The molecular weight excluding hydrogens is 488 g/mol. The Hall–Kier alpha value is -1.33. The molecule has 2 aromatic rings. The predicted molar refractivity (Wildman–Crippen MR) is 148 cm³/mol. The minimum atomic E-state index is -2.14. The molecule has 0 spiro atoms. The second kappa shape index (κ2) is 8.66. The van der Waals surface area contributed by atoms with E-state index in [4.69, 9.17) is 0 Å². The van der Waals surface area contributed by atoms with Crippen molar-refractivity contribution < 1.29 is 21.3 Å². The van der Waals surface area contributed by atoms with Gasteiger partial charge in [-0.05, 0) is 0 Å². The zero-order chi connectivity index (χ0) is 25.2. The Kier molecular flexibility index (Phi) is 6.56. The van der Waals surface area contributed by atoms with Gasteiger partial charge < -0.3 is 0 Å². The molecule has 0 aromatic heterocycles. The molecule has 0 heterocycles. The van der Waals surface area contributed by atoms with Crippen molar-refractivity contribution >= 4 is 3.21 Å². The maximum absolute atomic E-state index is 2.60. The van der Waals surface area contributed by atoms with Gasteiger partial charge in [0.25, 0.3) is 0 Å². The van der Waals surface area contributed by atoms with Crippen LogP contribution in [-0.2, 0) is 32.1 Å². The van der Waals surface area contributed by atoms with Gasteiger partial charge in [0.2, 0.25) is 0 Å². The minimum absolute atomic E-state index is 0.156. The normalized spacial score (nSPS) is 16.2. The van der Waals surface area contributed by atoms with Crippen molar-refractivity contribution in [1.29, 1.82) is 0 Å². The monoisotopic (exact) mass is 530 g/mol. The molecule has 0 amide bonds. The quantitative estimate of drug-likeness (QED) is 0.362. The Bertz CT molecular complexity index is 1160. The maximum atomic E-state index is 2.60. The second-order valence-corrected chi connectivity index (χ2v) is 21.2. The van der Waals surface area contributed by atoms with Gasteiger partial charge in [-0.3, -0.25) is 0 Å². The molecule has 0 bridgehead atoms. The van der Waals surface area contributed by atoms with Crippen molar-refractivity contribution in [2.45, 2.75) is 97.0 Å². The van der Waals surface area contributed by atoms with E-state index in [1.807, 2.05) is 0 Å². The van der Waals surface area contributed by atoms with Crippen molar-refractivity contribution in [1.82, 2.24) is 0 Å². The molecule has 0 N–H and O–H groups in total. The van der Waals surface area contributed by atoms with E-state index in [2.05, 4.69) is 125 Å². The standard InChI is InChI=1S/C21H25.C9H13.C3H6.Zr/c1-20(2,3)16-9-7-14-11-15-8-10-17(21(4,5)6)13-19(15)18(14)12-16;1-9(2,3)8-6-4-5-7-8;1-3-2;/h7-13H,1-6H3;6-7H,4H2,1-3H3;1-2H3;. The van der Waals surface area contributed by atoms with E-state index in [9.17, 15) is 0 Å². The zero-order valence-electron chi connectivity index (χ0n) is 23.4. The number of rotatable bonds is 2. The molecule has 0 unspecified atom stereocenters. The molecule has 0 fully saturated rings. The van der Waals surface area contributed by atoms with Crippen LogP contribution in [0.3, 0.4) is 0 Å². The first-order chi connectivity index (χ1) is 15.6. The van der Waals surface area contributed by atoms with Gasteiger partial charge in [-0.15, -0.1) is 0 Å². The fraction of sp³-hybridized carbons (Fsp3) is 0.485. The van der Waals surface area contributed by atoms with E-state index in [-0.39, 0.29) is 16.2 Å². The summed E-state index contributed by atoms with van der Waals surface area (Å²) in [5, 5.41) is 0. The van der Waals surface area contributed by atoms with Crippen LogP contribution in [0, 0.1) is 5.41 Å². The van der Waals surface area contributed by atoms with Crippen molar-refractivity contribution in [3.63, 3.8) is 0 Å². The molecule has 34 heavy (non-hydrogen) atoms. The third-order valence-electron chi connectivity index (χ3n) is 7.66. The summed E-state index contributed by atoms with van der Waals surface area (Å²) in [6, 6.07) is 14.9. The van der Waals surface area contributed by atoms with E-state index in [1.165, 1.54) is 27.8 Å². The Morgan fingerprint density at radius 2 is 1.18 bits per heavy atom. The first-order valence-electron chi connectivity index (χ1n) is 13.0. The number of allylic oxidation sites excluding steroid dienone is 4. The fourth-order valence-electron chi connectivity index (χ4n) is 5.53. The third kappa shape index (κ3) is 4.72. The van der Waals surface area contributed by atoms with Crippen molar-refractivity contribution in [2.24, 2.45) is 5.41 Å². The molecule has 2 aliphatic carbocycles. The molecule has 0 nitrogen and oxygen atoms in total. The van der Waals surface area contributed by atoms with Crippen LogP contribution in [-0.4, -0.2) is 3.21 Å². The van der Waals surface area contributed by atoms with Gasteiger partial charge in [-0.1, -0.05) is 0 Å². The molecule has 0 atom stereocenters. The molecule has 2 aliphatic rings. The van der Waals surface area contributed by atoms with E-state index in [0.717, 1.165) is 6.42 Å². The van der Waals surface area contributed by atoms with Crippen molar-refractivity contribution in [3.8, 4) is 11.1 Å². The Morgan fingerprint density at radius 3 is 1.53 bits per heavy atom. The van der Waals surface area contributed by atoms with E-state index in [0.29, 0.717) is 3.63 Å². The van der Waals surface area contributed by atoms with Gasteiger partial charge in [0.05, 0.1) is 0 Å². The van der Waals surface area contributed by atoms with E-state index >= 15 is 0 Å². The van der Waals surface area contributed by atoms with Gasteiger partial charge in [0, 0.05) is 0 Å². The molecule has 0 saturated heterocycles. The summed E-state index contributed by atoms with van der Waals surface area (Å²) in [7, 11) is 0. The SMILES string of the molecule is C[C](C)=[Zr]([C]1=CC(C(C)(C)C)=CC1)[CH]1c2ccc(C(C)(C)C)cc2-c2cc(C(C)(C)C)ccc21. The van der Waals surface area contributed by atoms with Crippen molar-refractivity contribution in [2.75, 3.05) is 0 Å². The summed E-state index contributed by atoms with van der Waals surface area (Å²) >= 11 is -2.14. The molecule has 2 aromatic carbocycles. The van der Waals surface area contributed by atoms with Crippen LogP contribution in [0.4, 0.5) is 0 Å². The van der Waals surface area contributed by atoms with Gasteiger partial charge in [0.15, 0.2) is 0 Å². The molecule has 1 heteroatoms. The third-order valence-corrected chi connectivity index (χ3v) is 15.8. The number of fused-ring (bicyclic) bond motifs is 3. The topological polar surface area (TPSA) is 0 Å². The molecule has 0 radical (unpaired) electrons. The van der Waals surface area contributed by atoms with Crippen LogP contribution >= 0.6 is 0 Å². The van der Waals surface area contributed by atoms with Crippen LogP contribution < -0.4 is 0 Å². The summed E-state index contributed by atoms with van der Waals surface area (Å²) in [6.45, 7) is 25.9. The van der Waals surface area contributed by atoms with Crippen molar-refractivity contribution in [3.05, 3.63) is 79.7 Å². The van der Waals surface area contributed by atoms with Crippen LogP contribution in [0.2, 0.25) is 0 Å². The van der Waals surface area contributed by atoms with Gasteiger partial charge >= 0.3 is 218 Å². The molecular formula is C33H44Zr. The average Bonchev–Trinajstić information content (AvgIpc) is 3.30. The second-order valence-electron chi connectivity index (χ2n) is 13.7. The summed E-state index contributed by atoms with van der Waals surface area (Å²) in [6.07, 6.45) is 6.28. The summed E-state index contributed by atoms with van der Waals surface area (Å²) < 4.78 is 4.07. The van der Waals surface area contributed by atoms with E-state index < -0.39 is 21.3 Å². The van der Waals surface area contributed by atoms with Crippen LogP contribution in [0.5, 0.6) is 0 Å². The number of benzene rings is 2. The Morgan fingerprint density at radius 1 is 0.706 bits per heavy atom. The number of hydrogen-bond donors (Lipinski definition) is 0. The Labute approximate surface area is 216 Å². The fourth-order valence-corrected chi connectivity index (χ4v) is 13.8. The molecule has 0 aliphatic heterocycles. The zero-order valence-corrected chi connectivity index (χ0v) is 25.9. The number of hydrogen-bond acceptors (Lipinski definition) is 0. The summed E-state index contributed by atoms with van der Waals surface area (Å²) in [5.74, 6) is 0. The first kappa shape index (κ1) is 25.8. The van der Waals surface area contributed by atoms with Gasteiger partial charge in [0.1, 0.15) is 0 Å². The molecule has 0 saturated carbocycles. The Balaban J connectivity index is 1.94. The predicted octanol–water partition coefficient (Wildman–Crippen LogP) is 9.44. The van der Waals surface area contributed by atoms with Gasteiger partial charge in [-0.25, -0.2) is 0 Å². The molecule has 4 rings (SSSR count). The van der Waals surface area contributed by atoms with Crippen LogP contribution in [0.25, 0.3) is 11.1 Å². The first-order valence-corrected chi connectivity index (χ1v) is 16.8. The van der Waals surface area contributed by atoms with Crippen LogP contribution in [0.1, 0.15) is 108 Å². The van der Waals surface area contributed by atoms with Gasteiger partial charge in [-0.2, -0.15) is 0 Å². The van der Waals surface area contributed by atoms with Crippen LogP contribution in [0.15, 0.2) is 57.4 Å². The summed E-state index contributed by atoms with van der Waals surface area (Å²) in [5.41, 5.74) is 11.1.